The number of Topliss-reactive ketones (excluding diaryl/α,β-unsaturated/α-hetero) is 1. The predicted molar refractivity (Wildman–Crippen MR) is 142 cm³/mol. The highest BCUT2D eigenvalue weighted by molar-refractivity contribution is 5.77. The molecule has 0 unspecified atom stereocenters. The van der Waals surface area contributed by atoms with Crippen molar-refractivity contribution in [2.75, 3.05) is 24.8 Å². The minimum absolute atomic E-state index is 0. The fourth-order valence-electron chi connectivity index (χ4n) is 2.37. The lowest BCUT2D eigenvalue weighted by atomic mass is 10.5. The number of carbonyl (C=O) groups excluding carboxylic acids is 1. The van der Waals surface area contributed by atoms with Crippen LogP contribution in [0.15, 0.2) is 18.6 Å². The van der Waals surface area contributed by atoms with Crippen LogP contribution in [-0.4, -0.2) is 48.0 Å². The van der Waals surface area contributed by atoms with Crippen molar-refractivity contribution in [1.82, 2.24) is 34.0 Å². The van der Waals surface area contributed by atoms with Gasteiger partial charge in [0.15, 0.2) is 12.1 Å². The van der Waals surface area contributed by atoms with E-state index in [0.29, 0.717) is 18.4 Å². The Morgan fingerprint density at radius 3 is 1.51 bits per heavy atom. The SMILES string of the molecule is C.CNCC(C)=O.Cc1cn(C)c(C)n1.Cc1cn(C)c(N)n1.Cc1cn(C)c(NN)n1.N#CN. The minimum Gasteiger partial charge on any atom is -0.369 e. The fraction of sp³-hybridized carbons (Fsp3) is 0.500. The Labute approximate surface area is 209 Å². The number of nitrogens with two attached hydrogens (primary N) is 3. The topological polar surface area (TPSA) is 196 Å². The third-order valence-corrected chi connectivity index (χ3v) is 3.81. The molecule has 198 valence electrons. The van der Waals surface area contributed by atoms with Gasteiger partial charge in [0, 0.05) is 39.7 Å². The highest BCUT2D eigenvalue weighted by Gasteiger charge is 1.96. The van der Waals surface area contributed by atoms with E-state index in [9.17, 15) is 4.79 Å². The number of carbonyl (C=O) groups is 1. The number of nitriles is 1. The molecule has 13 heteroatoms. The summed E-state index contributed by atoms with van der Waals surface area (Å²) < 4.78 is 5.62. The smallest absolute Gasteiger partial charge is 0.217 e. The highest BCUT2D eigenvalue weighted by Crippen LogP contribution is 2.02. The molecule has 3 rings (SSSR count). The van der Waals surface area contributed by atoms with Gasteiger partial charge in [0.05, 0.1) is 23.6 Å². The Morgan fingerprint density at radius 2 is 1.40 bits per heavy atom. The number of nitrogens with one attached hydrogen (secondary N) is 2. The van der Waals surface area contributed by atoms with E-state index in [1.807, 2.05) is 76.6 Å². The maximum Gasteiger partial charge on any atom is 0.217 e. The first-order chi connectivity index (χ1) is 15.8. The summed E-state index contributed by atoms with van der Waals surface area (Å²) in [4.78, 5) is 22.2. The summed E-state index contributed by atoms with van der Waals surface area (Å²) in [5, 5.41) is 9.81. The normalized spacial score (nSPS) is 8.60. The van der Waals surface area contributed by atoms with E-state index < -0.39 is 0 Å². The van der Waals surface area contributed by atoms with Gasteiger partial charge in [-0.1, -0.05) is 7.43 Å². The first-order valence-corrected chi connectivity index (χ1v) is 10.2. The molecule has 35 heavy (non-hydrogen) atoms. The average Bonchev–Trinajstić information content (AvgIpc) is 3.32. The number of hydrazine groups is 1. The van der Waals surface area contributed by atoms with Crippen molar-refractivity contribution < 1.29 is 4.79 Å². The molecule has 0 aliphatic carbocycles. The van der Waals surface area contributed by atoms with Crippen LogP contribution in [0.5, 0.6) is 0 Å². The summed E-state index contributed by atoms with van der Waals surface area (Å²) in [6.07, 6.45) is 7.04. The van der Waals surface area contributed by atoms with Gasteiger partial charge in [-0.2, -0.15) is 5.26 Å². The van der Waals surface area contributed by atoms with E-state index in [1.54, 1.807) is 18.5 Å². The molecule has 0 amide bonds. The van der Waals surface area contributed by atoms with Crippen LogP contribution in [0.3, 0.4) is 0 Å². The van der Waals surface area contributed by atoms with Gasteiger partial charge in [-0.15, -0.1) is 0 Å². The first-order valence-electron chi connectivity index (χ1n) is 10.2. The molecular weight excluding hydrogens is 448 g/mol. The molecule has 3 aromatic rings. The van der Waals surface area contributed by atoms with Crippen molar-refractivity contribution in [2.45, 2.75) is 42.0 Å². The monoisotopic (exact) mass is 492 g/mol. The minimum atomic E-state index is 0. The molecule has 0 fully saturated rings. The molecular formula is C22H44N12O. The van der Waals surface area contributed by atoms with Crippen LogP contribution in [0, 0.1) is 39.1 Å². The zero-order valence-electron chi connectivity index (χ0n) is 21.7. The molecule has 13 nitrogen and oxygen atoms in total. The van der Waals surface area contributed by atoms with E-state index in [0.717, 1.165) is 22.9 Å². The number of hydrogen-bond acceptors (Lipinski definition) is 10. The number of ketones is 1. The van der Waals surface area contributed by atoms with Crippen LogP contribution in [0.2, 0.25) is 0 Å². The lowest BCUT2D eigenvalue weighted by Gasteiger charge is -1.95. The van der Waals surface area contributed by atoms with Crippen LogP contribution in [0.25, 0.3) is 0 Å². The van der Waals surface area contributed by atoms with Crippen molar-refractivity contribution in [3.05, 3.63) is 41.5 Å². The Bertz CT molecular complexity index is 927. The van der Waals surface area contributed by atoms with Crippen LogP contribution in [0.4, 0.5) is 11.9 Å². The van der Waals surface area contributed by atoms with E-state index in [-0.39, 0.29) is 13.2 Å². The number of nitrogens with zero attached hydrogens (tertiary/aromatic N) is 7. The van der Waals surface area contributed by atoms with Crippen molar-refractivity contribution in [2.24, 2.45) is 32.7 Å². The van der Waals surface area contributed by atoms with E-state index in [2.05, 4.69) is 31.4 Å². The molecule has 0 saturated heterocycles. The number of aryl methyl sites for hydroxylation is 7. The molecule has 0 aromatic carbocycles. The standard InChI is InChI=1S/C6H10N2.C5H10N4.C5H9N3.C4H9NO.CH2N2.CH4/c1-5-4-8(3)6(2)7-5;1-4-3-9(2)5(7-4)8-6;1-4-3-8(2)5(6)7-4;1-4(6)3-5-2;2-1-3;/h4H,1-3H3;3H,6H2,1-2H3,(H,7,8);3H,1-2H3,(H2,6,7);5H,3H2,1-2H3;2H2;1H4. The van der Waals surface area contributed by atoms with Crippen LogP contribution in [0.1, 0.15) is 37.3 Å². The summed E-state index contributed by atoms with van der Waals surface area (Å²) >= 11 is 0. The molecule has 0 bridgehead atoms. The van der Waals surface area contributed by atoms with Gasteiger partial charge >= 0.3 is 0 Å². The van der Waals surface area contributed by atoms with Gasteiger partial charge in [0.25, 0.3) is 0 Å². The Kier molecular flexibility index (Phi) is 20.0. The zero-order valence-corrected chi connectivity index (χ0v) is 21.7. The Balaban J connectivity index is -0.000000376. The molecule has 3 heterocycles. The van der Waals surface area contributed by atoms with Crippen LogP contribution >= 0.6 is 0 Å². The number of imidazole rings is 3. The second kappa shape index (κ2) is 19.6. The van der Waals surface area contributed by atoms with E-state index in [1.165, 1.54) is 6.19 Å². The summed E-state index contributed by atoms with van der Waals surface area (Å²) in [5.74, 6) is 7.64. The zero-order chi connectivity index (χ0) is 26.8. The van der Waals surface area contributed by atoms with Crippen molar-refractivity contribution in [3.8, 4) is 6.19 Å². The van der Waals surface area contributed by atoms with E-state index >= 15 is 0 Å². The maximum atomic E-state index is 9.98. The summed E-state index contributed by atoms with van der Waals surface area (Å²) in [6.45, 7) is 9.85. The number of anilines is 2. The number of likely N-dealkylation sites (N-methyl/N-ethyl adjacent to an activating group) is 1. The van der Waals surface area contributed by atoms with Gasteiger partial charge in [-0.3, -0.25) is 10.2 Å². The number of aromatic nitrogens is 6. The molecule has 0 radical (unpaired) electrons. The molecule has 0 spiro atoms. The fourth-order valence-corrected chi connectivity index (χ4v) is 2.37. The van der Waals surface area contributed by atoms with E-state index in [4.69, 9.17) is 16.8 Å². The lowest BCUT2D eigenvalue weighted by Crippen LogP contribution is -2.14. The first kappa shape index (κ1) is 35.7. The van der Waals surface area contributed by atoms with Gasteiger partial charge in [-0.05, 0) is 41.7 Å². The van der Waals surface area contributed by atoms with Gasteiger partial charge < -0.3 is 30.5 Å². The Morgan fingerprint density at radius 1 is 0.971 bits per heavy atom. The predicted octanol–water partition coefficient (Wildman–Crippen LogP) is 1.22. The molecule has 0 saturated carbocycles. The summed E-state index contributed by atoms with van der Waals surface area (Å²) in [7, 11) is 7.50. The number of nitrogen functional groups attached to an aromatic ring is 2. The van der Waals surface area contributed by atoms with Gasteiger partial charge in [0.2, 0.25) is 5.95 Å². The summed E-state index contributed by atoms with van der Waals surface area (Å²) in [6, 6.07) is 0. The third kappa shape index (κ3) is 17.3. The van der Waals surface area contributed by atoms with Crippen LogP contribution < -0.4 is 28.1 Å². The largest absolute Gasteiger partial charge is 0.369 e. The number of hydrogen-bond donors (Lipinski definition) is 5. The van der Waals surface area contributed by atoms with Crippen molar-refractivity contribution in [3.63, 3.8) is 0 Å². The second-order valence-electron chi connectivity index (χ2n) is 7.21. The van der Waals surface area contributed by atoms with Crippen LogP contribution in [-0.2, 0) is 25.9 Å². The number of rotatable bonds is 3. The van der Waals surface area contributed by atoms with Crippen molar-refractivity contribution in [1.29, 1.82) is 5.26 Å². The molecule has 8 N–H and O–H groups in total. The molecule has 0 aliphatic heterocycles. The van der Waals surface area contributed by atoms with Crippen molar-refractivity contribution >= 4 is 17.7 Å². The molecule has 0 atom stereocenters. The third-order valence-electron chi connectivity index (χ3n) is 3.81. The van der Waals surface area contributed by atoms with Gasteiger partial charge in [0.1, 0.15) is 11.6 Å². The quantitative estimate of drug-likeness (QED) is 0.153. The summed E-state index contributed by atoms with van der Waals surface area (Å²) in [5.41, 5.74) is 15.0. The maximum absolute atomic E-state index is 9.98. The average molecular weight is 493 g/mol. The lowest BCUT2D eigenvalue weighted by molar-refractivity contribution is -0.116. The molecule has 3 aromatic heterocycles. The highest BCUT2D eigenvalue weighted by atomic mass is 16.1. The molecule has 0 aliphatic rings. The Hall–Kier alpha value is -3.89. The van der Waals surface area contributed by atoms with Gasteiger partial charge in [-0.25, -0.2) is 20.8 Å². The second-order valence-corrected chi connectivity index (χ2v) is 7.21.